The van der Waals surface area contributed by atoms with Crippen molar-refractivity contribution in [3.63, 3.8) is 0 Å². The number of hydrogen-bond donors (Lipinski definition) is 1. The maximum Gasteiger partial charge on any atom is 0.430 e. The number of nitrogens with zero attached hydrogens (tertiary/aromatic N) is 1. The predicted molar refractivity (Wildman–Crippen MR) is 107 cm³/mol. The second-order valence-corrected chi connectivity index (χ2v) is 7.72. The van der Waals surface area contributed by atoms with Crippen molar-refractivity contribution in [3.05, 3.63) is 35.4 Å². The zero-order chi connectivity index (χ0) is 22.5. The highest BCUT2D eigenvalue weighted by Crippen LogP contribution is 2.35. The predicted octanol–water partition coefficient (Wildman–Crippen LogP) is 3.02. The van der Waals surface area contributed by atoms with Crippen LogP contribution >= 0.6 is 0 Å². The van der Waals surface area contributed by atoms with E-state index >= 15 is 0 Å². The van der Waals surface area contributed by atoms with Crippen LogP contribution in [0.1, 0.15) is 57.0 Å². The zero-order valence-corrected chi connectivity index (χ0v) is 17.9. The number of aryl methyl sites for hydroxylation is 1. The van der Waals surface area contributed by atoms with Gasteiger partial charge < -0.3 is 14.2 Å². The topological polar surface area (TPSA) is 111 Å². The van der Waals surface area contributed by atoms with E-state index in [0.29, 0.717) is 11.4 Å². The van der Waals surface area contributed by atoms with Crippen LogP contribution in [0.4, 0.5) is 9.59 Å². The summed E-state index contributed by atoms with van der Waals surface area (Å²) in [4.78, 5) is 51.9. The fourth-order valence-corrected chi connectivity index (χ4v) is 3.21. The molecule has 0 saturated heterocycles. The number of fused-ring (bicyclic) bond motifs is 1. The summed E-state index contributed by atoms with van der Waals surface area (Å²) in [5.41, 5.74) is 0.150. The average Bonchev–Trinajstić information content (AvgIpc) is 2.66. The Bertz CT molecular complexity index is 831. The summed E-state index contributed by atoms with van der Waals surface area (Å²) in [7, 11) is 0. The molecule has 0 aliphatic heterocycles. The van der Waals surface area contributed by atoms with Gasteiger partial charge in [-0.3, -0.25) is 4.79 Å². The second-order valence-electron chi connectivity index (χ2n) is 7.72. The smallest absolute Gasteiger partial charge is 0.430 e. The largest absolute Gasteiger partial charge is 0.458 e. The lowest BCUT2D eigenvalue weighted by Crippen LogP contribution is -2.69. The fraction of sp³-hybridized carbons (Fsp3) is 0.524. The lowest BCUT2D eigenvalue weighted by molar-refractivity contribution is -0.167. The highest BCUT2D eigenvalue weighted by molar-refractivity contribution is 6.19. The second kappa shape index (κ2) is 9.15. The van der Waals surface area contributed by atoms with Crippen molar-refractivity contribution < 1.29 is 33.4 Å². The van der Waals surface area contributed by atoms with Crippen LogP contribution in [0.3, 0.4) is 0 Å². The maximum absolute atomic E-state index is 13.6. The quantitative estimate of drug-likeness (QED) is 0.345. The third-order valence-electron chi connectivity index (χ3n) is 4.44. The number of carbonyl (C=O) groups is 4. The molecule has 1 aliphatic rings. The number of hydrogen-bond acceptors (Lipinski definition) is 7. The van der Waals surface area contributed by atoms with Crippen LogP contribution in [-0.2, 0) is 25.4 Å². The minimum Gasteiger partial charge on any atom is -0.458 e. The summed E-state index contributed by atoms with van der Waals surface area (Å²) in [6, 6.07) is 6.80. The Labute approximate surface area is 175 Å². The van der Waals surface area contributed by atoms with Crippen LogP contribution in [0, 0.1) is 0 Å². The lowest BCUT2D eigenvalue weighted by Gasteiger charge is -2.42. The van der Waals surface area contributed by atoms with Gasteiger partial charge in [0.15, 0.2) is 0 Å². The van der Waals surface area contributed by atoms with Crippen molar-refractivity contribution in [1.82, 2.24) is 10.4 Å². The van der Waals surface area contributed by atoms with E-state index in [1.54, 1.807) is 58.9 Å². The van der Waals surface area contributed by atoms with Gasteiger partial charge in [-0.05, 0) is 53.0 Å². The molecular formula is C21H28N2O7. The normalized spacial score (nSPS) is 18.1. The van der Waals surface area contributed by atoms with Crippen LogP contribution in [0.2, 0.25) is 0 Å². The van der Waals surface area contributed by atoms with E-state index in [1.165, 1.54) is 0 Å². The Kier molecular flexibility index (Phi) is 7.07. The molecule has 1 aliphatic carbocycles. The molecule has 1 aromatic carbocycles. The van der Waals surface area contributed by atoms with Gasteiger partial charge in [-0.1, -0.05) is 24.3 Å². The Morgan fingerprint density at radius 1 is 1.10 bits per heavy atom. The molecule has 9 heteroatoms. The number of benzene rings is 1. The van der Waals surface area contributed by atoms with Crippen molar-refractivity contribution in [2.45, 2.75) is 58.6 Å². The summed E-state index contributed by atoms with van der Waals surface area (Å²) < 4.78 is 15.4. The summed E-state index contributed by atoms with van der Waals surface area (Å²) in [6.07, 6.45) is -1.85. The first kappa shape index (κ1) is 23.2. The molecule has 2 amide bonds. The molecule has 9 nitrogen and oxygen atoms in total. The Hall–Kier alpha value is -3.10. The number of esters is 1. The van der Waals surface area contributed by atoms with E-state index in [2.05, 4.69) is 5.43 Å². The van der Waals surface area contributed by atoms with E-state index in [9.17, 15) is 19.2 Å². The highest BCUT2D eigenvalue weighted by atomic mass is 16.6. The molecule has 0 fully saturated rings. The van der Waals surface area contributed by atoms with Crippen LogP contribution < -0.4 is 5.43 Å². The van der Waals surface area contributed by atoms with Gasteiger partial charge in [-0.25, -0.2) is 19.8 Å². The minimum absolute atomic E-state index is 0.0265. The van der Waals surface area contributed by atoms with Gasteiger partial charge in [0.05, 0.1) is 13.2 Å². The molecule has 0 saturated carbocycles. The van der Waals surface area contributed by atoms with Crippen molar-refractivity contribution in [2.75, 3.05) is 13.2 Å². The number of carbonyl (C=O) groups excluding carboxylic acids is 4. The first-order valence-corrected chi connectivity index (χ1v) is 9.83. The van der Waals surface area contributed by atoms with Gasteiger partial charge in [0.1, 0.15) is 5.60 Å². The standard InChI is InChI=1S/C21H28N2O7/c1-6-28-18(26)22-23(19(27)29-7-2)21(17(25)30-20(3,4)5)13-12-14-10-8-9-11-15(14)16(21)24/h8-11H,6-7,12-13H2,1-5H3,(H,22,26)/t21-/m1/s1. The highest BCUT2D eigenvalue weighted by Gasteiger charge is 2.58. The summed E-state index contributed by atoms with van der Waals surface area (Å²) in [5, 5.41) is 0.612. The van der Waals surface area contributed by atoms with E-state index in [4.69, 9.17) is 14.2 Å². The summed E-state index contributed by atoms with van der Waals surface area (Å²) in [6.45, 7) is 8.08. The molecule has 0 radical (unpaired) electrons. The molecule has 0 bridgehead atoms. The van der Waals surface area contributed by atoms with Gasteiger partial charge in [0.25, 0.3) is 0 Å². The van der Waals surface area contributed by atoms with E-state index < -0.39 is 35.1 Å². The molecule has 0 aromatic heterocycles. The van der Waals surface area contributed by atoms with Crippen molar-refractivity contribution in [1.29, 1.82) is 0 Å². The van der Waals surface area contributed by atoms with Gasteiger partial charge in [0, 0.05) is 5.56 Å². The van der Waals surface area contributed by atoms with Gasteiger partial charge in [-0.2, -0.15) is 5.01 Å². The fourth-order valence-electron chi connectivity index (χ4n) is 3.21. The molecule has 0 unspecified atom stereocenters. The minimum atomic E-state index is -2.14. The number of nitrogens with one attached hydrogen (secondary N) is 1. The number of amides is 2. The number of ether oxygens (including phenoxy) is 3. The average molecular weight is 420 g/mol. The molecule has 0 spiro atoms. The third-order valence-corrected chi connectivity index (χ3v) is 4.44. The summed E-state index contributed by atoms with van der Waals surface area (Å²) in [5.74, 6) is -1.62. The Morgan fingerprint density at radius 3 is 2.33 bits per heavy atom. The third kappa shape index (κ3) is 4.72. The number of hydrazine groups is 1. The number of ketones is 1. The molecule has 1 N–H and O–H groups in total. The van der Waals surface area contributed by atoms with Crippen LogP contribution in [0.25, 0.3) is 0 Å². The summed E-state index contributed by atoms with van der Waals surface area (Å²) >= 11 is 0. The maximum atomic E-state index is 13.6. The molecule has 164 valence electrons. The van der Waals surface area contributed by atoms with Crippen molar-refractivity contribution in [2.24, 2.45) is 0 Å². The first-order chi connectivity index (χ1) is 14.1. The van der Waals surface area contributed by atoms with Crippen molar-refractivity contribution >= 4 is 23.9 Å². The van der Waals surface area contributed by atoms with Crippen LogP contribution in [0.15, 0.2) is 24.3 Å². The lowest BCUT2D eigenvalue weighted by atomic mass is 9.76. The molecule has 1 aromatic rings. The Balaban J connectivity index is 2.63. The first-order valence-electron chi connectivity index (χ1n) is 9.83. The molecule has 1 atom stereocenters. The number of Topliss-reactive ketones (excluding diaryl/α,β-unsaturated/α-hetero) is 1. The van der Waals surface area contributed by atoms with Gasteiger partial charge in [0.2, 0.25) is 11.3 Å². The molecule has 30 heavy (non-hydrogen) atoms. The zero-order valence-electron chi connectivity index (χ0n) is 17.9. The molecule has 2 rings (SSSR count). The van der Waals surface area contributed by atoms with Crippen molar-refractivity contribution in [3.8, 4) is 0 Å². The van der Waals surface area contributed by atoms with Crippen LogP contribution in [-0.4, -0.2) is 53.3 Å². The van der Waals surface area contributed by atoms with Gasteiger partial charge in [-0.15, -0.1) is 0 Å². The monoisotopic (exact) mass is 420 g/mol. The van der Waals surface area contributed by atoms with Gasteiger partial charge >= 0.3 is 18.2 Å². The molecular weight excluding hydrogens is 392 g/mol. The molecule has 0 heterocycles. The van der Waals surface area contributed by atoms with E-state index in [1.807, 2.05) is 0 Å². The van der Waals surface area contributed by atoms with E-state index in [0.717, 1.165) is 5.56 Å². The van der Waals surface area contributed by atoms with Crippen LogP contribution in [0.5, 0.6) is 0 Å². The Morgan fingerprint density at radius 2 is 1.73 bits per heavy atom. The van der Waals surface area contributed by atoms with E-state index in [-0.39, 0.29) is 25.2 Å². The number of rotatable bonds is 4. The SMILES string of the molecule is CCOC(=O)NN(C(=O)OCC)[C@]1(C(=O)OC(C)(C)C)CCc2ccccc2C1=O.